The minimum Gasteiger partial charge on any atom is -0.351 e. The van der Waals surface area contributed by atoms with Gasteiger partial charge < -0.3 is 5.32 Å². The minimum atomic E-state index is -0.716. The summed E-state index contributed by atoms with van der Waals surface area (Å²) < 4.78 is 0. The number of nitrogens with zero attached hydrogens (tertiary/aromatic N) is 2. The Bertz CT molecular complexity index is 390. The summed E-state index contributed by atoms with van der Waals surface area (Å²) in [6.07, 6.45) is 5.14. The second-order valence-electron chi connectivity index (χ2n) is 6.39. The maximum Gasteiger partial charge on any atom is 0.240 e. The highest BCUT2D eigenvalue weighted by molar-refractivity contribution is 5.86. The van der Waals surface area contributed by atoms with E-state index in [0.29, 0.717) is 5.92 Å². The molecule has 1 heterocycles. The molecule has 1 N–H and O–H groups in total. The Morgan fingerprint density at radius 2 is 2.11 bits per heavy atom. The fourth-order valence-corrected chi connectivity index (χ4v) is 3.46. The number of carbonyl (C=O) groups is 1. The lowest BCUT2D eigenvalue weighted by Gasteiger charge is -2.39. The van der Waals surface area contributed by atoms with Crippen LogP contribution >= 0.6 is 0 Å². The van der Waals surface area contributed by atoms with E-state index in [0.717, 1.165) is 38.4 Å². The average Bonchev–Trinajstić information content (AvgIpc) is 3.06. The molecule has 0 bridgehead atoms. The highest BCUT2D eigenvalue weighted by atomic mass is 16.2. The van der Waals surface area contributed by atoms with Gasteiger partial charge in [-0.2, -0.15) is 5.26 Å². The molecule has 0 radical (unpaired) electrons. The van der Waals surface area contributed by atoms with Crippen LogP contribution in [0.15, 0.2) is 0 Å². The first-order chi connectivity index (χ1) is 8.63. The van der Waals surface area contributed by atoms with Crippen LogP contribution in [0.2, 0.25) is 0 Å². The quantitative estimate of drug-likeness (QED) is 0.817. The molecule has 4 nitrogen and oxygen atoms in total. The molecule has 1 atom stereocenters. The SMILES string of the molecule is CC1CC(C#N)(C(=O)NC2CCN(C3CC3)C2)C1. The summed E-state index contributed by atoms with van der Waals surface area (Å²) in [7, 11) is 0. The molecule has 1 unspecified atom stereocenters. The second kappa shape index (κ2) is 4.24. The number of likely N-dealkylation sites (tertiary alicyclic amines) is 1. The van der Waals surface area contributed by atoms with Crippen LogP contribution in [0, 0.1) is 22.7 Å². The Kier molecular flexibility index (Phi) is 2.82. The standard InChI is InChI=1S/C14H21N3O/c1-10-6-14(7-10,9-15)13(18)16-11-4-5-17(8-11)12-2-3-12/h10-12H,2-8H2,1H3,(H,16,18). The molecule has 1 aliphatic heterocycles. The lowest BCUT2D eigenvalue weighted by molar-refractivity contribution is -0.134. The van der Waals surface area contributed by atoms with E-state index in [1.165, 1.54) is 12.8 Å². The van der Waals surface area contributed by atoms with Gasteiger partial charge in [0.05, 0.1) is 6.07 Å². The van der Waals surface area contributed by atoms with Gasteiger partial charge in [0.2, 0.25) is 5.91 Å². The van der Waals surface area contributed by atoms with Crippen molar-refractivity contribution in [3.8, 4) is 6.07 Å². The van der Waals surface area contributed by atoms with Gasteiger partial charge in [-0.15, -0.1) is 0 Å². The smallest absolute Gasteiger partial charge is 0.240 e. The Labute approximate surface area is 108 Å². The lowest BCUT2D eigenvalue weighted by Crippen LogP contribution is -2.51. The predicted molar refractivity (Wildman–Crippen MR) is 67.6 cm³/mol. The molecule has 18 heavy (non-hydrogen) atoms. The predicted octanol–water partition coefficient (Wildman–Crippen LogP) is 1.28. The molecule has 4 heteroatoms. The van der Waals surface area contributed by atoms with Gasteiger partial charge >= 0.3 is 0 Å². The topological polar surface area (TPSA) is 56.1 Å². The molecule has 0 aromatic carbocycles. The molecule has 98 valence electrons. The van der Waals surface area contributed by atoms with Crippen molar-refractivity contribution in [2.45, 2.75) is 51.1 Å². The average molecular weight is 247 g/mol. The molecule has 3 rings (SSSR count). The van der Waals surface area contributed by atoms with Gasteiger partial charge in [-0.1, -0.05) is 6.92 Å². The zero-order chi connectivity index (χ0) is 12.8. The maximum absolute atomic E-state index is 12.2. The number of nitrogens with one attached hydrogen (secondary N) is 1. The molecule has 1 saturated heterocycles. The van der Waals surface area contributed by atoms with Crippen molar-refractivity contribution in [1.82, 2.24) is 10.2 Å². The zero-order valence-corrected chi connectivity index (χ0v) is 11.0. The normalized spacial score (nSPS) is 40.0. The summed E-state index contributed by atoms with van der Waals surface area (Å²) in [5, 5.41) is 12.3. The second-order valence-corrected chi connectivity index (χ2v) is 6.39. The third kappa shape index (κ3) is 2.01. The third-order valence-corrected chi connectivity index (χ3v) is 4.66. The van der Waals surface area contributed by atoms with E-state index in [2.05, 4.69) is 23.2 Å². The minimum absolute atomic E-state index is 0.0225. The largest absolute Gasteiger partial charge is 0.351 e. The summed E-state index contributed by atoms with van der Waals surface area (Å²) in [4.78, 5) is 14.7. The number of amides is 1. The van der Waals surface area contributed by atoms with Crippen LogP contribution in [0.5, 0.6) is 0 Å². The number of nitriles is 1. The first-order valence-corrected chi connectivity index (χ1v) is 7.09. The van der Waals surface area contributed by atoms with Crippen LogP contribution in [0.4, 0.5) is 0 Å². The van der Waals surface area contributed by atoms with Gasteiger partial charge in [0.15, 0.2) is 0 Å². The van der Waals surface area contributed by atoms with Crippen LogP contribution in [0.1, 0.15) is 39.0 Å². The zero-order valence-electron chi connectivity index (χ0n) is 11.0. The first-order valence-electron chi connectivity index (χ1n) is 7.09. The van der Waals surface area contributed by atoms with E-state index in [4.69, 9.17) is 0 Å². The van der Waals surface area contributed by atoms with Crippen molar-refractivity contribution >= 4 is 5.91 Å². The Morgan fingerprint density at radius 3 is 2.67 bits per heavy atom. The Balaban J connectivity index is 1.54. The molecule has 0 aromatic rings. The van der Waals surface area contributed by atoms with Crippen molar-refractivity contribution in [1.29, 1.82) is 5.26 Å². The van der Waals surface area contributed by atoms with E-state index in [1.54, 1.807) is 0 Å². The van der Waals surface area contributed by atoms with Crippen molar-refractivity contribution in [2.24, 2.45) is 11.3 Å². The molecule has 2 saturated carbocycles. The van der Waals surface area contributed by atoms with Crippen LogP contribution < -0.4 is 5.32 Å². The van der Waals surface area contributed by atoms with Crippen LogP contribution in [-0.4, -0.2) is 36.0 Å². The summed E-state index contributed by atoms with van der Waals surface area (Å²) in [6.45, 7) is 4.19. The van der Waals surface area contributed by atoms with Crippen LogP contribution in [-0.2, 0) is 4.79 Å². The van der Waals surface area contributed by atoms with Crippen LogP contribution in [0.25, 0.3) is 0 Å². The molecule has 1 amide bonds. The van der Waals surface area contributed by atoms with Crippen molar-refractivity contribution in [3.63, 3.8) is 0 Å². The Hall–Kier alpha value is -1.08. The lowest BCUT2D eigenvalue weighted by atomic mass is 9.63. The molecule has 0 spiro atoms. The number of rotatable bonds is 3. The van der Waals surface area contributed by atoms with E-state index >= 15 is 0 Å². The number of hydrogen-bond donors (Lipinski definition) is 1. The maximum atomic E-state index is 12.2. The van der Waals surface area contributed by atoms with Gasteiger partial charge in [0.1, 0.15) is 5.41 Å². The fourth-order valence-electron chi connectivity index (χ4n) is 3.46. The van der Waals surface area contributed by atoms with Crippen molar-refractivity contribution in [2.75, 3.05) is 13.1 Å². The molecule has 0 aromatic heterocycles. The van der Waals surface area contributed by atoms with E-state index in [9.17, 15) is 10.1 Å². The molecule has 2 aliphatic carbocycles. The van der Waals surface area contributed by atoms with Crippen LogP contribution in [0.3, 0.4) is 0 Å². The van der Waals surface area contributed by atoms with E-state index < -0.39 is 5.41 Å². The van der Waals surface area contributed by atoms with Gasteiger partial charge in [-0.05, 0) is 38.0 Å². The summed E-state index contributed by atoms with van der Waals surface area (Å²) in [5.74, 6) is 0.493. The van der Waals surface area contributed by atoms with Gasteiger partial charge in [0.25, 0.3) is 0 Å². The first kappa shape index (κ1) is 12.0. The monoisotopic (exact) mass is 247 g/mol. The highest BCUT2D eigenvalue weighted by Gasteiger charge is 2.49. The molecular weight excluding hydrogens is 226 g/mol. The highest BCUT2D eigenvalue weighted by Crippen LogP contribution is 2.45. The number of carbonyl (C=O) groups excluding carboxylic acids is 1. The van der Waals surface area contributed by atoms with E-state index in [1.807, 2.05) is 0 Å². The van der Waals surface area contributed by atoms with Crippen molar-refractivity contribution < 1.29 is 4.79 Å². The summed E-state index contributed by atoms with van der Waals surface area (Å²) >= 11 is 0. The van der Waals surface area contributed by atoms with Crippen molar-refractivity contribution in [3.05, 3.63) is 0 Å². The van der Waals surface area contributed by atoms with Gasteiger partial charge in [-0.3, -0.25) is 9.69 Å². The fraction of sp³-hybridized carbons (Fsp3) is 0.857. The summed E-state index contributed by atoms with van der Waals surface area (Å²) in [5.41, 5.74) is -0.716. The van der Waals surface area contributed by atoms with Gasteiger partial charge in [-0.25, -0.2) is 0 Å². The molecule has 3 aliphatic rings. The summed E-state index contributed by atoms with van der Waals surface area (Å²) in [6, 6.07) is 3.28. The Morgan fingerprint density at radius 1 is 1.39 bits per heavy atom. The molecular formula is C14H21N3O. The number of hydrogen-bond acceptors (Lipinski definition) is 3. The molecule has 3 fully saturated rings. The third-order valence-electron chi connectivity index (χ3n) is 4.66. The van der Waals surface area contributed by atoms with Gasteiger partial charge in [0, 0.05) is 25.2 Å². The van der Waals surface area contributed by atoms with E-state index in [-0.39, 0.29) is 11.9 Å².